The van der Waals surface area contributed by atoms with Crippen LogP contribution in [0, 0.1) is 0 Å². The van der Waals surface area contributed by atoms with Crippen molar-refractivity contribution in [3.8, 4) is 28.0 Å². The molecule has 0 atom stereocenters. The van der Waals surface area contributed by atoms with E-state index in [1.807, 2.05) is 6.07 Å². The summed E-state index contributed by atoms with van der Waals surface area (Å²) >= 11 is 0. The fourth-order valence-electron chi connectivity index (χ4n) is 2.63. The zero-order chi connectivity index (χ0) is 17.2. The summed E-state index contributed by atoms with van der Waals surface area (Å²) in [5, 5.41) is 0. The molecule has 0 heterocycles. The van der Waals surface area contributed by atoms with E-state index in [1.165, 1.54) is 19.2 Å². The normalized spacial score (nSPS) is 11.3. The van der Waals surface area contributed by atoms with Gasteiger partial charge in [-0.05, 0) is 40.5 Å². The van der Waals surface area contributed by atoms with E-state index < -0.39 is 11.7 Å². The molecule has 0 fully saturated rings. The van der Waals surface area contributed by atoms with Crippen molar-refractivity contribution in [2.24, 2.45) is 0 Å². The Kier molecular flexibility index (Phi) is 4.30. The molecule has 0 radical (unpaired) electrons. The van der Waals surface area contributed by atoms with Crippen LogP contribution in [-0.4, -0.2) is 7.11 Å². The quantitative estimate of drug-likeness (QED) is 0.569. The lowest BCUT2D eigenvalue weighted by Crippen LogP contribution is -2.07. The number of methoxy groups -OCH3 is 1. The number of ether oxygens (including phenoxy) is 1. The highest BCUT2D eigenvalue weighted by atomic mass is 19.4. The predicted molar refractivity (Wildman–Crippen MR) is 88.9 cm³/mol. The monoisotopic (exact) mass is 328 g/mol. The Hall–Kier alpha value is -2.75. The standard InChI is InChI=1S/C20H15F3O/c1-24-17-9-5-8-16(12-17)18-11-10-15(13-19(18)20(21,22)23)14-6-3-2-4-7-14/h2-13H,1H3. The van der Waals surface area contributed by atoms with Crippen LogP contribution in [-0.2, 0) is 6.18 Å². The van der Waals surface area contributed by atoms with Gasteiger partial charge in [0.05, 0.1) is 12.7 Å². The summed E-state index contributed by atoms with van der Waals surface area (Å²) in [7, 11) is 1.49. The highest BCUT2D eigenvalue weighted by molar-refractivity contribution is 5.75. The van der Waals surface area contributed by atoms with Gasteiger partial charge in [-0.2, -0.15) is 13.2 Å². The van der Waals surface area contributed by atoms with Crippen molar-refractivity contribution in [1.82, 2.24) is 0 Å². The van der Waals surface area contributed by atoms with Crippen LogP contribution < -0.4 is 4.74 Å². The summed E-state index contributed by atoms with van der Waals surface area (Å²) in [5.41, 5.74) is 1.24. The van der Waals surface area contributed by atoms with Crippen LogP contribution in [0.3, 0.4) is 0 Å². The van der Waals surface area contributed by atoms with Crippen molar-refractivity contribution in [2.45, 2.75) is 6.18 Å². The van der Waals surface area contributed by atoms with Crippen LogP contribution in [0.4, 0.5) is 13.2 Å². The van der Waals surface area contributed by atoms with E-state index in [-0.39, 0.29) is 5.56 Å². The third kappa shape index (κ3) is 3.27. The van der Waals surface area contributed by atoms with Crippen LogP contribution >= 0.6 is 0 Å². The first-order valence-electron chi connectivity index (χ1n) is 7.40. The Balaban J connectivity index is 2.16. The smallest absolute Gasteiger partial charge is 0.417 e. The molecule has 0 saturated carbocycles. The lowest BCUT2D eigenvalue weighted by molar-refractivity contribution is -0.137. The Bertz CT molecular complexity index is 839. The number of hydrogen-bond donors (Lipinski definition) is 0. The van der Waals surface area contributed by atoms with E-state index in [1.54, 1.807) is 54.6 Å². The van der Waals surface area contributed by atoms with E-state index in [9.17, 15) is 13.2 Å². The Morgan fingerprint density at radius 1 is 0.708 bits per heavy atom. The topological polar surface area (TPSA) is 9.23 Å². The van der Waals surface area contributed by atoms with E-state index in [0.717, 1.165) is 5.56 Å². The molecule has 1 nitrogen and oxygen atoms in total. The highest BCUT2D eigenvalue weighted by Gasteiger charge is 2.34. The van der Waals surface area contributed by atoms with Crippen molar-refractivity contribution >= 4 is 0 Å². The molecule has 0 spiro atoms. The van der Waals surface area contributed by atoms with E-state index in [0.29, 0.717) is 16.9 Å². The maximum Gasteiger partial charge on any atom is 0.417 e. The number of benzene rings is 3. The molecule has 3 aromatic rings. The van der Waals surface area contributed by atoms with Gasteiger partial charge in [0.25, 0.3) is 0 Å². The predicted octanol–water partition coefficient (Wildman–Crippen LogP) is 6.05. The number of halogens is 3. The van der Waals surface area contributed by atoms with Gasteiger partial charge in [0.2, 0.25) is 0 Å². The number of hydrogen-bond acceptors (Lipinski definition) is 1. The zero-order valence-corrected chi connectivity index (χ0v) is 13.0. The molecule has 3 rings (SSSR count). The molecule has 0 saturated heterocycles. The average Bonchev–Trinajstić information content (AvgIpc) is 2.61. The van der Waals surface area contributed by atoms with Gasteiger partial charge in [-0.25, -0.2) is 0 Å². The molecule has 122 valence electrons. The summed E-state index contributed by atoms with van der Waals surface area (Å²) in [6, 6.07) is 20.1. The summed E-state index contributed by atoms with van der Waals surface area (Å²) < 4.78 is 45.9. The molecule has 24 heavy (non-hydrogen) atoms. The fourth-order valence-corrected chi connectivity index (χ4v) is 2.63. The Labute approximate surface area is 138 Å². The molecular formula is C20H15F3O. The van der Waals surface area contributed by atoms with Crippen molar-refractivity contribution in [3.63, 3.8) is 0 Å². The van der Waals surface area contributed by atoms with E-state index in [2.05, 4.69) is 0 Å². The van der Waals surface area contributed by atoms with Gasteiger partial charge in [0.1, 0.15) is 5.75 Å². The molecule has 0 aliphatic rings. The second-order valence-electron chi connectivity index (χ2n) is 5.36. The van der Waals surface area contributed by atoms with Crippen LogP contribution in [0.2, 0.25) is 0 Å². The maximum atomic E-state index is 13.6. The molecular weight excluding hydrogens is 313 g/mol. The third-order valence-corrected chi connectivity index (χ3v) is 3.81. The summed E-state index contributed by atoms with van der Waals surface area (Å²) in [4.78, 5) is 0. The van der Waals surface area contributed by atoms with Crippen LogP contribution in [0.25, 0.3) is 22.3 Å². The molecule has 0 unspecified atom stereocenters. The van der Waals surface area contributed by atoms with E-state index in [4.69, 9.17) is 4.74 Å². The lowest BCUT2D eigenvalue weighted by atomic mass is 9.94. The summed E-state index contributed by atoms with van der Waals surface area (Å²) in [6.07, 6.45) is -4.44. The molecule has 3 aromatic carbocycles. The number of alkyl halides is 3. The highest BCUT2D eigenvalue weighted by Crippen LogP contribution is 2.40. The van der Waals surface area contributed by atoms with Gasteiger partial charge >= 0.3 is 6.18 Å². The molecule has 4 heteroatoms. The molecule has 0 aliphatic heterocycles. The minimum Gasteiger partial charge on any atom is -0.497 e. The molecule has 0 aromatic heterocycles. The molecule has 0 bridgehead atoms. The van der Waals surface area contributed by atoms with E-state index >= 15 is 0 Å². The van der Waals surface area contributed by atoms with Crippen molar-refractivity contribution in [1.29, 1.82) is 0 Å². The second kappa shape index (κ2) is 6.40. The summed E-state index contributed by atoms with van der Waals surface area (Å²) in [5.74, 6) is 0.521. The van der Waals surface area contributed by atoms with Gasteiger partial charge in [-0.3, -0.25) is 0 Å². The van der Waals surface area contributed by atoms with Crippen molar-refractivity contribution < 1.29 is 17.9 Å². The maximum absolute atomic E-state index is 13.6. The van der Waals surface area contributed by atoms with Gasteiger partial charge in [0.15, 0.2) is 0 Å². The SMILES string of the molecule is COc1cccc(-c2ccc(-c3ccccc3)cc2C(F)(F)F)c1. The Morgan fingerprint density at radius 2 is 1.42 bits per heavy atom. The van der Waals surface area contributed by atoms with Gasteiger partial charge in [0, 0.05) is 0 Å². The minimum absolute atomic E-state index is 0.140. The lowest BCUT2D eigenvalue weighted by Gasteiger charge is -2.15. The average molecular weight is 328 g/mol. The first-order chi connectivity index (χ1) is 11.5. The first kappa shape index (κ1) is 16.1. The fraction of sp³-hybridized carbons (Fsp3) is 0.100. The largest absolute Gasteiger partial charge is 0.497 e. The van der Waals surface area contributed by atoms with Crippen molar-refractivity contribution in [2.75, 3.05) is 7.11 Å². The van der Waals surface area contributed by atoms with Crippen LogP contribution in [0.1, 0.15) is 5.56 Å². The zero-order valence-electron chi connectivity index (χ0n) is 13.0. The molecule has 0 aliphatic carbocycles. The third-order valence-electron chi connectivity index (χ3n) is 3.81. The van der Waals surface area contributed by atoms with Gasteiger partial charge < -0.3 is 4.74 Å². The van der Waals surface area contributed by atoms with Crippen LogP contribution in [0.5, 0.6) is 5.75 Å². The first-order valence-corrected chi connectivity index (χ1v) is 7.40. The van der Waals surface area contributed by atoms with Crippen molar-refractivity contribution in [3.05, 3.63) is 78.4 Å². The second-order valence-corrected chi connectivity index (χ2v) is 5.36. The Morgan fingerprint density at radius 3 is 2.08 bits per heavy atom. The minimum atomic E-state index is -4.44. The van der Waals surface area contributed by atoms with Crippen LogP contribution in [0.15, 0.2) is 72.8 Å². The molecule has 0 amide bonds. The van der Waals surface area contributed by atoms with Gasteiger partial charge in [-0.15, -0.1) is 0 Å². The number of rotatable bonds is 3. The molecule has 0 N–H and O–H groups in total. The van der Waals surface area contributed by atoms with Gasteiger partial charge in [-0.1, -0.05) is 54.6 Å². The summed E-state index contributed by atoms with van der Waals surface area (Å²) in [6.45, 7) is 0.